The highest BCUT2D eigenvalue weighted by atomic mass is 16.3. The lowest BCUT2D eigenvalue weighted by Gasteiger charge is -2.24. The number of rotatable bonds is 6. The van der Waals surface area contributed by atoms with E-state index in [1.54, 1.807) is 0 Å². The van der Waals surface area contributed by atoms with E-state index < -0.39 is 0 Å². The Morgan fingerprint density at radius 3 is 2.36 bits per heavy atom. The smallest absolute Gasteiger partial charge is 0.0648 e. The standard InChI is InChI=1S/C18H27N3O/c1-12(11-22)13(2)19-14(3)18-15(4)20-21(16(18)5)17-9-7-6-8-10-17/h6-10,12-14,19,22H,11H2,1-5H3. The molecule has 2 N–H and O–H groups in total. The molecule has 3 unspecified atom stereocenters. The normalized spacial score (nSPS) is 15.5. The molecule has 3 atom stereocenters. The number of nitrogens with zero attached hydrogens (tertiary/aromatic N) is 2. The Labute approximate surface area is 133 Å². The van der Waals surface area contributed by atoms with E-state index in [9.17, 15) is 5.11 Å². The van der Waals surface area contributed by atoms with Gasteiger partial charge in [-0.15, -0.1) is 0 Å². The Morgan fingerprint density at radius 2 is 1.77 bits per heavy atom. The summed E-state index contributed by atoms with van der Waals surface area (Å²) < 4.78 is 2.00. The number of aromatic nitrogens is 2. The number of nitrogens with one attached hydrogen (secondary N) is 1. The summed E-state index contributed by atoms with van der Waals surface area (Å²) in [5, 5.41) is 17.6. The second-order valence-electron chi connectivity index (χ2n) is 6.17. The molecule has 120 valence electrons. The van der Waals surface area contributed by atoms with Gasteiger partial charge in [-0.05, 0) is 45.7 Å². The van der Waals surface area contributed by atoms with Crippen LogP contribution in [0.25, 0.3) is 5.69 Å². The van der Waals surface area contributed by atoms with E-state index in [0.717, 1.165) is 17.1 Å². The molecule has 0 spiro atoms. The molecule has 0 radical (unpaired) electrons. The molecule has 1 aromatic carbocycles. The van der Waals surface area contributed by atoms with Crippen LogP contribution in [0.1, 0.15) is 43.8 Å². The summed E-state index contributed by atoms with van der Waals surface area (Å²) >= 11 is 0. The lowest BCUT2D eigenvalue weighted by molar-refractivity contribution is 0.202. The van der Waals surface area contributed by atoms with Crippen molar-refractivity contribution in [3.8, 4) is 5.69 Å². The first-order valence-corrected chi connectivity index (χ1v) is 7.94. The Hall–Kier alpha value is -1.65. The van der Waals surface area contributed by atoms with Crippen molar-refractivity contribution in [2.75, 3.05) is 6.61 Å². The Balaban J connectivity index is 2.27. The van der Waals surface area contributed by atoms with Crippen LogP contribution in [0.15, 0.2) is 30.3 Å². The molecule has 0 amide bonds. The van der Waals surface area contributed by atoms with Gasteiger partial charge < -0.3 is 10.4 Å². The first-order valence-electron chi connectivity index (χ1n) is 7.94. The van der Waals surface area contributed by atoms with Crippen molar-refractivity contribution in [1.29, 1.82) is 0 Å². The average Bonchev–Trinajstić information content (AvgIpc) is 2.82. The van der Waals surface area contributed by atoms with Gasteiger partial charge in [0, 0.05) is 29.9 Å². The second kappa shape index (κ2) is 7.07. The topological polar surface area (TPSA) is 50.1 Å². The zero-order chi connectivity index (χ0) is 16.3. The molecule has 0 aliphatic rings. The molecule has 0 saturated heterocycles. The highest BCUT2D eigenvalue weighted by Gasteiger charge is 2.21. The van der Waals surface area contributed by atoms with Crippen LogP contribution in [0.5, 0.6) is 0 Å². The molecule has 0 saturated carbocycles. The Morgan fingerprint density at radius 1 is 1.14 bits per heavy atom. The third-order valence-corrected chi connectivity index (χ3v) is 4.44. The van der Waals surface area contributed by atoms with Gasteiger partial charge in [0.2, 0.25) is 0 Å². The summed E-state index contributed by atoms with van der Waals surface area (Å²) in [4.78, 5) is 0. The van der Waals surface area contributed by atoms with E-state index in [2.05, 4.69) is 52.1 Å². The highest BCUT2D eigenvalue weighted by molar-refractivity contribution is 5.38. The van der Waals surface area contributed by atoms with Crippen molar-refractivity contribution < 1.29 is 5.11 Å². The minimum Gasteiger partial charge on any atom is -0.396 e. The fraction of sp³-hybridized carbons (Fsp3) is 0.500. The van der Waals surface area contributed by atoms with E-state index in [0.29, 0.717) is 0 Å². The van der Waals surface area contributed by atoms with Gasteiger partial charge in [0.05, 0.1) is 11.4 Å². The van der Waals surface area contributed by atoms with Crippen molar-refractivity contribution >= 4 is 0 Å². The summed E-state index contributed by atoms with van der Waals surface area (Å²) in [6, 6.07) is 10.6. The van der Waals surface area contributed by atoms with Crippen molar-refractivity contribution in [3.63, 3.8) is 0 Å². The highest BCUT2D eigenvalue weighted by Crippen LogP contribution is 2.24. The third kappa shape index (κ3) is 3.39. The minimum atomic E-state index is 0.196. The number of hydrogen-bond donors (Lipinski definition) is 2. The summed E-state index contributed by atoms with van der Waals surface area (Å²) in [6.07, 6.45) is 0. The summed E-state index contributed by atoms with van der Waals surface area (Å²) in [6.45, 7) is 10.7. The molecule has 22 heavy (non-hydrogen) atoms. The molecule has 1 heterocycles. The molecule has 4 heteroatoms. The molecule has 0 fully saturated rings. The van der Waals surface area contributed by atoms with Crippen molar-refractivity contribution in [1.82, 2.24) is 15.1 Å². The number of aliphatic hydroxyl groups is 1. The quantitative estimate of drug-likeness (QED) is 0.861. The minimum absolute atomic E-state index is 0.196. The average molecular weight is 301 g/mol. The lowest BCUT2D eigenvalue weighted by atomic mass is 10.0. The maximum atomic E-state index is 9.29. The van der Waals surface area contributed by atoms with E-state index in [1.807, 2.05) is 22.9 Å². The zero-order valence-electron chi connectivity index (χ0n) is 14.2. The van der Waals surface area contributed by atoms with Crippen LogP contribution < -0.4 is 5.32 Å². The molecule has 2 rings (SSSR count). The van der Waals surface area contributed by atoms with Crippen LogP contribution in [0, 0.1) is 19.8 Å². The largest absolute Gasteiger partial charge is 0.396 e. The van der Waals surface area contributed by atoms with Gasteiger partial charge in [-0.1, -0.05) is 25.1 Å². The van der Waals surface area contributed by atoms with E-state index in [4.69, 9.17) is 5.10 Å². The summed E-state index contributed by atoms with van der Waals surface area (Å²) in [5.74, 6) is 0.229. The van der Waals surface area contributed by atoms with Gasteiger partial charge in [0.25, 0.3) is 0 Å². The SMILES string of the molecule is Cc1nn(-c2ccccc2)c(C)c1C(C)NC(C)C(C)CO. The van der Waals surface area contributed by atoms with Gasteiger partial charge in [0.15, 0.2) is 0 Å². The molecule has 0 bridgehead atoms. The van der Waals surface area contributed by atoms with Crippen molar-refractivity contribution in [3.05, 3.63) is 47.3 Å². The van der Waals surface area contributed by atoms with Crippen LogP contribution in [0.4, 0.5) is 0 Å². The first kappa shape index (κ1) is 16.7. The van der Waals surface area contributed by atoms with Gasteiger partial charge in [-0.3, -0.25) is 0 Å². The van der Waals surface area contributed by atoms with Crippen LogP contribution in [0.3, 0.4) is 0 Å². The predicted octanol–water partition coefficient (Wildman–Crippen LogP) is 3.16. The summed E-state index contributed by atoms with van der Waals surface area (Å²) in [7, 11) is 0. The van der Waals surface area contributed by atoms with Crippen molar-refractivity contribution in [2.45, 2.75) is 46.7 Å². The predicted molar refractivity (Wildman–Crippen MR) is 90.3 cm³/mol. The van der Waals surface area contributed by atoms with Gasteiger partial charge in [-0.25, -0.2) is 4.68 Å². The fourth-order valence-electron chi connectivity index (χ4n) is 2.90. The van der Waals surface area contributed by atoms with Crippen LogP contribution in [-0.2, 0) is 0 Å². The molecule has 0 aliphatic carbocycles. The monoisotopic (exact) mass is 301 g/mol. The third-order valence-electron chi connectivity index (χ3n) is 4.44. The molecule has 4 nitrogen and oxygen atoms in total. The lowest BCUT2D eigenvalue weighted by Crippen LogP contribution is -2.36. The zero-order valence-corrected chi connectivity index (χ0v) is 14.2. The Kier molecular flexibility index (Phi) is 5.37. The maximum Gasteiger partial charge on any atom is 0.0648 e. The van der Waals surface area contributed by atoms with Crippen LogP contribution >= 0.6 is 0 Å². The Bertz CT molecular complexity index is 606. The number of para-hydroxylation sites is 1. The molecular weight excluding hydrogens is 274 g/mol. The van der Waals surface area contributed by atoms with E-state index in [-0.39, 0.29) is 24.6 Å². The van der Waals surface area contributed by atoms with Crippen LogP contribution in [-0.4, -0.2) is 27.5 Å². The first-order chi connectivity index (χ1) is 10.5. The molecular formula is C18H27N3O. The maximum absolute atomic E-state index is 9.29. The molecule has 2 aromatic rings. The van der Waals surface area contributed by atoms with E-state index in [1.165, 1.54) is 5.56 Å². The van der Waals surface area contributed by atoms with Crippen molar-refractivity contribution in [2.24, 2.45) is 5.92 Å². The van der Waals surface area contributed by atoms with E-state index >= 15 is 0 Å². The second-order valence-corrected chi connectivity index (χ2v) is 6.17. The van der Waals surface area contributed by atoms with Gasteiger partial charge >= 0.3 is 0 Å². The summed E-state index contributed by atoms with van der Waals surface area (Å²) in [5.41, 5.74) is 4.52. The number of benzene rings is 1. The fourth-order valence-corrected chi connectivity index (χ4v) is 2.90. The number of aryl methyl sites for hydroxylation is 1. The number of hydrogen-bond acceptors (Lipinski definition) is 3. The van der Waals surface area contributed by atoms with Gasteiger partial charge in [-0.2, -0.15) is 5.10 Å². The molecule has 0 aliphatic heterocycles. The number of aliphatic hydroxyl groups excluding tert-OH is 1. The van der Waals surface area contributed by atoms with Gasteiger partial charge in [0.1, 0.15) is 0 Å². The molecule has 1 aromatic heterocycles. The van der Waals surface area contributed by atoms with Crippen LogP contribution in [0.2, 0.25) is 0 Å².